The predicted molar refractivity (Wildman–Crippen MR) is 48.4 cm³/mol. The van der Waals surface area contributed by atoms with E-state index in [0.29, 0.717) is 6.54 Å². The number of aldehydes is 1. The summed E-state index contributed by atoms with van der Waals surface area (Å²) in [6, 6.07) is 7.76. The van der Waals surface area contributed by atoms with E-state index in [1.165, 1.54) is 0 Å². The summed E-state index contributed by atoms with van der Waals surface area (Å²) in [5.74, 6) is 0. The smallest absolute Gasteiger partial charge is 0.144 e. The van der Waals surface area contributed by atoms with Crippen LogP contribution in [0.4, 0.5) is 11.4 Å². The van der Waals surface area contributed by atoms with Gasteiger partial charge in [0.15, 0.2) is 0 Å². The Kier molecular flexibility index (Phi) is 1.70. The fourth-order valence-corrected chi connectivity index (χ4v) is 1.32. The van der Waals surface area contributed by atoms with Gasteiger partial charge in [0.1, 0.15) is 6.29 Å². The lowest BCUT2D eigenvalue weighted by Gasteiger charge is -2.24. The number of carbonyl (C=O) groups excluding carboxylic acids is 1. The molecule has 1 unspecified atom stereocenters. The molecule has 1 aliphatic heterocycles. The second-order valence-corrected chi connectivity index (χ2v) is 2.81. The van der Waals surface area contributed by atoms with E-state index in [4.69, 9.17) is 0 Å². The van der Waals surface area contributed by atoms with Crippen molar-refractivity contribution in [2.45, 2.75) is 6.04 Å². The molecule has 62 valence electrons. The number of rotatable bonds is 1. The minimum atomic E-state index is -0.0973. The van der Waals surface area contributed by atoms with Gasteiger partial charge in [-0.15, -0.1) is 0 Å². The first-order valence-electron chi connectivity index (χ1n) is 3.95. The molecule has 1 aromatic rings. The summed E-state index contributed by atoms with van der Waals surface area (Å²) in [5.41, 5.74) is 2.07. The molecule has 2 rings (SSSR count). The van der Waals surface area contributed by atoms with Gasteiger partial charge >= 0.3 is 0 Å². The quantitative estimate of drug-likeness (QED) is 0.607. The molecular formula is C9H10N2O. The van der Waals surface area contributed by atoms with Crippen LogP contribution in [0.2, 0.25) is 0 Å². The third-order valence-corrected chi connectivity index (χ3v) is 1.94. The topological polar surface area (TPSA) is 41.1 Å². The van der Waals surface area contributed by atoms with Gasteiger partial charge in [0.25, 0.3) is 0 Å². The van der Waals surface area contributed by atoms with Gasteiger partial charge in [0, 0.05) is 6.54 Å². The number of hydrogen-bond acceptors (Lipinski definition) is 3. The van der Waals surface area contributed by atoms with Gasteiger partial charge in [0.2, 0.25) is 0 Å². The average molecular weight is 162 g/mol. The Morgan fingerprint density at radius 1 is 1.33 bits per heavy atom. The summed E-state index contributed by atoms with van der Waals surface area (Å²) in [6.07, 6.45) is 0.920. The SMILES string of the molecule is O=CC1CNc2ccccc2N1. The van der Waals surface area contributed by atoms with E-state index in [1.54, 1.807) is 0 Å². The van der Waals surface area contributed by atoms with Crippen LogP contribution in [0.25, 0.3) is 0 Å². The largest absolute Gasteiger partial charge is 0.381 e. The summed E-state index contributed by atoms with van der Waals surface area (Å²) >= 11 is 0. The van der Waals surface area contributed by atoms with Crippen LogP contribution in [0.15, 0.2) is 24.3 Å². The summed E-state index contributed by atoms with van der Waals surface area (Å²) in [4.78, 5) is 10.5. The number of carbonyl (C=O) groups is 1. The average Bonchev–Trinajstić information content (AvgIpc) is 2.17. The molecular weight excluding hydrogens is 152 g/mol. The fraction of sp³-hybridized carbons (Fsp3) is 0.222. The Bertz CT molecular complexity index is 298. The van der Waals surface area contributed by atoms with Gasteiger partial charge in [-0.25, -0.2) is 0 Å². The summed E-state index contributed by atoms with van der Waals surface area (Å²) in [7, 11) is 0. The first-order valence-corrected chi connectivity index (χ1v) is 3.95. The number of anilines is 2. The molecule has 0 saturated heterocycles. The van der Waals surface area contributed by atoms with Gasteiger partial charge in [-0.05, 0) is 12.1 Å². The van der Waals surface area contributed by atoms with E-state index in [9.17, 15) is 4.79 Å². The second-order valence-electron chi connectivity index (χ2n) is 2.81. The van der Waals surface area contributed by atoms with E-state index >= 15 is 0 Å². The lowest BCUT2D eigenvalue weighted by Crippen LogP contribution is -2.33. The third kappa shape index (κ3) is 1.13. The van der Waals surface area contributed by atoms with Crippen molar-refractivity contribution in [2.75, 3.05) is 17.2 Å². The van der Waals surface area contributed by atoms with Crippen molar-refractivity contribution in [3.8, 4) is 0 Å². The van der Waals surface area contributed by atoms with Gasteiger partial charge < -0.3 is 15.4 Å². The summed E-state index contributed by atoms with van der Waals surface area (Å²) in [5, 5.41) is 6.29. The van der Waals surface area contributed by atoms with Crippen LogP contribution >= 0.6 is 0 Å². The first kappa shape index (κ1) is 7.16. The van der Waals surface area contributed by atoms with Crippen molar-refractivity contribution in [3.05, 3.63) is 24.3 Å². The molecule has 1 heterocycles. The molecule has 1 aliphatic rings. The standard InChI is InChI=1S/C9H10N2O/c12-6-7-5-10-8-3-1-2-4-9(8)11-7/h1-4,6-7,10-11H,5H2. The maximum absolute atomic E-state index is 10.5. The number of nitrogens with one attached hydrogen (secondary N) is 2. The Balaban J connectivity index is 2.28. The summed E-state index contributed by atoms with van der Waals surface area (Å²) in [6.45, 7) is 0.667. The monoisotopic (exact) mass is 162 g/mol. The number of hydrogen-bond donors (Lipinski definition) is 2. The highest BCUT2D eigenvalue weighted by molar-refractivity contribution is 5.77. The molecule has 2 N–H and O–H groups in total. The van der Waals surface area contributed by atoms with Crippen LogP contribution in [-0.4, -0.2) is 18.9 Å². The highest BCUT2D eigenvalue weighted by Crippen LogP contribution is 2.24. The molecule has 1 atom stereocenters. The minimum absolute atomic E-state index is 0.0973. The molecule has 3 nitrogen and oxygen atoms in total. The van der Waals surface area contributed by atoms with E-state index in [2.05, 4.69) is 10.6 Å². The van der Waals surface area contributed by atoms with Crippen LogP contribution in [0, 0.1) is 0 Å². The van der Waals surface area contributed by atoms with Crippen molar-refractivity contribution in [3.63, 3.8) is 0 Å². The Labute approximate surface area is 70.8 Å². The highest BCUT2D eigenvalue weighted by Gasteiger charge is 2.14. The lowest BCUT2D eigenvalue weighted by molar-refractivity contribution is -0.108. The molecule has 0 radical (unpaired) electrons. The predicted octanol–water partition coefficient (Wildman–Crippen LogP) is 1.09. The maximum atomic E-state index is 10.5. The zero-order valence-electron chi connectivity index (χ0n) is 6.58. The lowest BCUT2D eigenvalue weighted by atomic mass is 10.2. The van der Waals surface area contributed by atoms with Crippen LogP contribution in [0.5, 0.6) is 0 Å². The van der Waals surface area contributed by atoms with Crippen LogP contribution in [0.3, 0.4) is 0 Å². The molecule has 0 spiro atoms. The number of benzene rings is 1. The Morgan fingerprint density at radius 3 is 2.83 bits per heavy atom. The van der Waals surface area contributed by atoms with Crippen LogP contribution in [-0.2, 0) is 4.79 Å². The maximum Gasteiger partial charge on any atom is 0.144 e. The summed E-state index contributed by atoms with van der Waals surface area (Å²) < 4.78 is 0. The fourth-order valence-electron chi connectivity index (χ4n) is 1.32. The zero-order valence-corrected chi connectivity index (χ0v) is 6.58. The van der Waals surface area contributed by atoms with Crippen molar-refractivity contribution < 1.29 is 4.79 Å². The molecule has 0 saturated carbocycles. The minimum Gasteiger partial charge on any atom is -0.381 e. The molecule has 12 heavy (non-hydrogen) atoms. The van der Waals surface area contributed by atoms with Gasteiger partial charge in [-0.2, -0.15) is 0 Å². The van der Waals surface area contributed by atoms with Crippen molar-refractivity contribution in [1.82, 2.24) is 0 Å². The third-order valence-electron chi connectivity index (χ3n) is 1.94. The molecule has 0 aliphatic carbocycles. The molecule has 0 fully saturated rings. The van der Waals surface area contributed by atoms with E-state index in [-0.39, 0.29) is 6.04 Å². The highest BCUT2D eigenvalue weighted by atomic mass is 16.1. The Hall–Kier alpha value is -1.51. The van der Waals surface area contributed by atoms with Gasteiger partial charge in [-0.1, -0.05) is 12.1 Å². The normalized spacial score (nSPS) is 20.2. The van der Waals surface area contributed by atoms with Crippen LogP contribution in [0.1, 0.15) is 0 Å². The van der Waals surface area contributed by atoms with Crippen molar-refractivity contribution in [2.24, 2.45) is 0 Å². The van der Waals surface area contributed by atoms with Gasteiger partial charge in [0.05, 0.1) is 17.4 Å². The molecule has 1 aromatic carbocycles. The molecule has 3 heteroatoms. The van der Waals surface area contributed by atoms with Gasteiger partial charge in [-0.3, -0.25) is 0 Å². The zero-order chi connectivity index (χ0) is 8.39. The van der Waals surface area contributed by atoms with E-state index in [1.807, 2.05) is 24.3 Å². The molecule has 0 amide bonds. The second kappa shape index (κ2) is 2.85. The van der Waals surface area contributed by atoms with E-state index < -0.39 is 0 Å². The Morgan fingerprint density at radius 2 is 2.08 bits per heavy atom. The first-order chi connectivity index (χ1) is 5.90. The van der Waals surface area contributed by atoms with Crippen molar-refractivity contribution >= 4 is 17.7 Å². The van der Waals surface area contributed by atoms with Crippen LogP contribution < -0.4 is 10.6 Å². The van der Waals surface area contributed by atoms with Crippen molar-refractivity contribution in [1.29, 1.82) is 0 Å². The van der Waals surface area contributed by atoms with E-state index in [0.717, 1.165) is 17.7 Å². The number of para-hydroxylation sites is 2. The molecule has 0 aromatic heterocycles. The molecule has 0 bridgehead atoms. The number of fused-ring (bicyclic) bond motifs is 1.